The van der Waals surface area contributed by atoms with Gasteiger partial charge in [-0.05, 0) is 30.7 Å². The maximum Gasteiger partial charge on any atom is 0.387 e. The molecule has 1 N–H and O–H groups in total. The van der Waals surface area contributed by atoms with Crippen molar-refractivity contribution in [1.82, 2.24) is 5.32 Å². The third-order valence-electron chi connectivity index (χ3n) is 3.05. The predicted octanol–water partition coefficient (Wildman–Crippen LogP) is 4.52. The van der Waals surface area contributed by atoms with Crippen molar-refractivity contribution < 1.29 is 13.5 Å². The molecule has 0 bridgehead atoms. The van der Waals surface area contributed by atoms with E-state index in [9.17, 15) is 8.78 Å². The van der Waals surface area contributed by atoms with E-state index in [1.165, 1.54) is 19.3 Å². The third-order valence-corrected chi connectivity index (χ3v) is 3.05. The molecule has 4 heteroatoms. The van der Waals surface area contributed by atoms with E-state index in [1.54, 1.807) is 12.1 Å². The van der Waals surface area contributed by atoms with E-state index in [1.807, 2.05) is 12.1 Å². The maximum atomic E-state index is 12.1. The van der Waals surface area contributed by atoms with Gasteiger partial charge in [-0.1, -0.05) is 45.2 Å². The molecule has 0 aromatic heterocycles. The number of alkyl halides is 2. The minimum Gasteiger partial charge on any atom is -0.435 e. The van der Waals surface area contributed by atoms with Crippen molar-refractivity contribution in [3.8, 4) is 5.75 Å². The fraction of sp³-hybridized carbons (Fsp3) is 0.600. The van der Waals surface area contributed by atoms with Crippen LogP contribution in [0.1, 0.15) is 51.1 Å². The molecule has 0 spiro atoms. The topological polar surface area (TPSA) is 21.3 Å². The Hall–Kier alpha value is -1.16. The molecule has 0 heterocycles. The van der Waals surface area contributed by atoms with Gasteiger partial charge in [0, 0.05) is 6.04 Å². The Morgan fingerprint density at radius 2 is 1.79 bits per heavy atom. The highest BCUT2D eigenvalue weighted by atomic mass is 19.3. The standard InChI is InChI=1S/C15H23F2NO/c1-3-5-6-7-14(18-4-2)12-8-10-13(11-9-12)19-15(16)17/h8-11,14-15,18H,3-7H2,1-2H3. The van der Waals surface area contributed by atoms with Gasteiger partial charge in [0.15, 0.2) is 0 Å². The van der Waals surface area contributed by atoms with Crippen LogP contribution in [0, 0.1) is 0 Å². The summed E-state index contributed by atoms with van der Waals surface area (Å²) in [6.45, 7) is 2.38. The van der Waals surface area contributed by atoms with Crippen LogP contribution in [0.15, 0.2) is 24.3 Å². The van der Waals surface area contributed by atoms with E-state index in [0.29, 0.717) is 0 Å². The van der Waals surface area contributed by atoms with Crippen LogP contribution in [0.2, 0.25) is 0 Å². The predicted molar refractivity (Wildman–Crippen MR) is 73.6 cm³/mol. The van der Waals surface area contributed by atoms with Gasteiger partial charge in [-0.25, -0.2) is 0 Å². The van der Waals surface area contributed by atoms with Gasteiger partial charge in [-0.2, -0.15) is 8.78 Å². The molecule has 0 aliphatic heterocycles. The van der Waals surface area contributed by atoms with Gasteiger partial charge in [0.2, 0.25) is 0 Å². The minimum atomic E-state index is -2.76. The molecule has 1 aromatic carbocycles. The molecule has 0 amide bonds. The molecule has 1 aromatic rings. The Morgan fingerprint density at radius 3 is 2.32 bits per heavy atom. The molecule has 0 aliphatic rings. The van der Waals surface area contributed by atoms with Crippen LogP contribution >= 0.6 is 0 Å². The summed E-state index contributed by atoms with van der Waals surface area (Å²) in [6.07, 6.45) is 4.65. The van der Waals surface area contributed by atoms with E-state index >= 15 is 0 Å². The summed E-state index contributed by atoms with van der Waals surface area (Å²) >= 11 is 0. The van der Waals surface area contributed by atoms with Crippen LogP contribution in [0.4, 0.5) is 8.78 Å². The minimum absolute atomic E-state index is 0.211. The summed E-state index contributed by atoms with van der Waals surface area (Å²) in [5, 5.41) is 3.43. The molecule has 19 heavy (non-hydrogen) atoms. The average molecular weight is 271 g/mol. The van der Waals surface area contributed by atoms with Gasteiger partial charge in [0.1, 0.15) is 5.75 Å². The lowest BCUT2D eigenvalue weighted by molar-refractivity contribution is -0.0498. The first-order valence-corrected chi connectivity index (χ1v) is 6.95. The Bertz CT molecular complexity index is 341. The van der Waals surface area contributed by atoms with Gasteiger partial charge in [-0.15, -0.1) is 0 Å². The number of ether oxygens (including phenoxy) is 1. The van der Waals surface area contributed by atoms with Crippen LogP contribution in [0.3, 0.4) is 0 Å². The number of rotatable bonds is 9. The molecule has 2 nitrogen and oxygen atoms in total. The quantitative estimate of drug-likeness (QED) is 0.667. The van der Waals surface area contributed by atoms with Crippen molar-refractivity contribution in [2.75, 3.05) is 6.54 Å². The monoisotopic (exact) mass is 271 g/mol. The number of benzene rings is 1. The Morgan fingerprint density at radius 1 is 1.11 bits per heavy atom. The second-order valence-corrected chi connectivity index (χ2v) is 4.55. The highest BCUT2D eigenvalue weighted by Gasteiger charge is 2.10. The number of nitrogens with one attached hydrogen (secondary N) is 1. The van der Waals surface area contributed by atoms with Gasteiger partial charge in [0.05, 0.1) is 0 Å². The van der Waals surface area contributed by atoms with Gasteiger partial charge < -0.3 is 10.1 Å². The Labute approximate surface area is 114 Å². The first-order chi connectivity index (χ1) is 9.17. The first kappa shape index (κ1) is 15.9. The molecular weight excluding hydrogens is 248 g/mol. The normalized spacial score (nSPS) is 12.7. The van der Waals surface area contributed by atoms with E-state index in [-0.39, 0.29) is 11.8 Å². The van der Waals surface area contributed by atoms with Gasteiger partial charge in [-0.3, -0.25) is 0 Å². The number of halogens is 2. The number of hydrogen-bond donors (Lipinski definition) is 1. The van der Waals surface area contributed by atoms with Crippen LogP contribution < -0.4 is 10.1 Å². The lowest BCUT2D eigenvalue weighted by Crippen LogP contribution is -2.20. The lowest BCUT2D eigenvalue weighted by Gasteiger charge is -2.18. The highest BCUT2D eigenvalue weighted by molar-refractivity contribution is 5.29. The molecule has 1 rings (SSSR count). The highest BCUT2D eigenvalue weighted by Crippen LogP contribution is 2.23. The SMILES string of the molecule is CCCCCC(NCC)c1ccc(OC(F)F)cc1. The smallest absolute Gasteiger partial charge is 0.387 e. The second-order valence-electron chi connectivity index (χ2n) is 4.55. The fourth-order valence-corrected chi connectivity index (χ4v) is 2.11. The largest absolute Gasteiger partial charge is 0.435 e. The van der Waals surface area contributed by atoms with E-state index in [2.05, 4.69) is 23.9 Å². The molecule has 0 fully saturated rings. The van der Waals surface area contributed by atoms with Crippen molar-refractivity contribution in [2.24, 2.45) is 0 Å². The summed E-state index contributed by atoms with van der Waals surface area (Å²) in [4.78, 5) is 0. The van der Waals surface area contributed by atoms with Gasteiger partial charge >= 0.3 is 6.61 Å². The second kappa shape index (κ2) is 8.86. The zero-order valence-electron chi connectivity index (χ0n) is 11.7. The van der Waals surface area contributed by atoms with Crippen LogP contribution in [-0.2, 0) is 0 Å². The summed E-state index contributed by atoms with van der Waals surface area (Å²) in [5.41, 5.74) is 1.12. The molecule has 108 valence electrons. The Kier molecular flexibility index (Phi) is 7.41. The average Bonchev–Trinajstić information content (AvgIpc) is 2.38. The molecule has 0 radical (unpaired) electrons. The third kappa shape index (κ3) is 6.01. The van der Waals surface area contributed by atoms with Crippen LogP contribution in [-0.4, -0.2) is 13.2 Å². The summed E-state index contributed by atoms with van der Waals surface area (Å²) < 4.78 is 28.5. The van der Waals surface area contributed by atoms with E-state index in [4.69, 9.17) is 0 Å². The van der Waals surface area contributed by atoms with E-state index in [0.717, 1.165) is 18.5 Å². The van der Waals surface area contributed by atoms with Crippen molar-refractivity contribution >= 4 is 0 Å². The molecule has 0 aliphatic carbocycles. The van der Waals surface area contributed by atoms with Crippen molar-refractivity contribution in [3.63, 3.8) is 0 Å². The van der Waals surface area contributed by atoms with Crippen molar-refractivity contribution in [1.29, 1.82) is 0 Å². The number of hydrogen-bond acceptors (Lipinski definition) is 2. The molecular formula is C15H23F2NO. The number of unbranched alkanes of at least 4 members (excludes halogenated alkanes) is 2. The van der Waals surface area contributed by atoms with Gasteiger partial charge in [0.25, 0.3) is 0 Å². The van der Waals surface area contributed by atoms with Crippen LogP contribution in [0.25, 0.3) is 0 Å². The summed E-state index contributed by atoms with van der Waals surface area (Å²) in [7, 11) is 0. The zero-order chi connectivity index (χ0) is 14.1. The van der Waals surface area contributed by atoms with Crippen molar-refractivity contribution in [2.45, 2.75) is 52.2 Å². The fourth-order valence-electron chi connectivity index (χ4n) is 2.11. The van der Waals surface area contributed by atoms with E-state index < -0.39 is 6.61 Å². The molecule has 0 saturated heterocycles. The maximum absolute atomic E-state index is 12.1. The first-order valence-electron chi connectivity index (χ1n) is 6.95. The van der Waals surface area contributed by atoms with Crippen molar-refractivity contribution in [3.05, 3.63) is 29.8 Å². The molecule has 1 unspecified atom stereocenters. The Balaban J connectivity index is 2.62. The molecule has 0 saturated carbocycles. The summed E-state index contributed by atoms with van der Waals surface area (Å²) in [6, 6.07) is 7.21. The summed E-state index contributed by atoms with van der Waals surface area (Å²) in [5.74, 6) is 0.211. The van der Waals surface area contributed by atoms with Crippen LogP contribution in [0.5, 0.6) is 5.75 Å². The zero-order valence-corrected chi connectivity index (χ0v) is 11.7. The molecule has 1 atom stereocenters. The lowest BCUT2D eigenvalue weighted by atomic mass is 10.0.